The molecule has 1 nitrogen and oxygen atoms in total. The highest BCUT2D eigenvalue weighted by atomic mass is 35.5. The number of halogens is 1. The molecule has 0 saturated heterocycles. The lowest BCUT2D eigenvalue weighted by Gasteiger charge is -2.11. The van der Waals surface area contributed by atoms with Crippen LogP contribution in [0.2, 0.25) is 4.34 Å². The molecule has 0 aliphatic carbocycles. The van der Waals surface area contributed by atoms with Crippen molar-refractivity contribution in [3.63, 3.8) is 0 Å². The molecule has 74 valence electrons. The molecule has 1 N–H and O–H groups in total. The second-order valence-electron chi connectivity index (χ2n) is 3.14. The molecule has 0 aromatic carbocycles. The quantitative estimate of drug-likeness (QED) is 0.800. The van der Waals surface area contributed by atoms with Crippen LogP contribution in [-0.2, 0) is 0 Å². The number of hydrogen-bond acceptors (Lipinski definition) is 2. The largest absolute Gasteiger partial charge is 0.396 e. The molecular weight excluding hydrogens is 204 g/mol. The van der Waals surface area contributed by atoms with E-state index in [-0.39, 0.29) is 6.61 Å². The first-order valence-corrected chi connectivity index (χ1v) is 5.83. The van der Waals surface area contributed by atoms with Gasteiger partial charge in [0.1, 0.15) is 0 Å². The molecule has 0 aliphatic rings. The second-order valence-corrected chi connectivity index (χ2v) is 4.89. The Hall–Kier alpha value is -0.0500. The van der Waals surface area contributed by atoms with Gasteiger partial charge in [-0.3, -0.25) is 0 Å². The zero-order chi connectivity index (χ0) is 9.68. The van der Waals surface area contributed by atoms with E-state index in [4.69, 9.17) is 16.7 Å². The van der Waals surface area contributed by atoms with Gasteiger partial charge in [-0.05, 0) is 30.9 Å². The van der Waals surface area contributed by atoms with Gasteiger partial charge in [-0.25, -0.2) is 0 Å². The van der Waals surface area contributed by atoms with Gasteiger partial charge in [0.15, 0.2) is 0 Å². The summed E-state index contributed by atoms with van der Waals surface area (Å²) in [6.07, 6.45) is 3.14. The first kappa shape index (κ1) is 11.0. The van der Waals surface area contributed by atoms with E-state index in [0.717, 1.165) is 23.6 Å². The van der Waals surface area contributed by atoms with E-state index in [1.54, 1.807) is 11.3 Å². The summed E-state index contributed by atoms with van der Waals surface area (Å²) in [4.78, 5) is 1.31. The monoisotopic (exact) mass is 218 g/mol. The molecular formula is C10H15ClOS. The van der Waals surface area contributed by atoms with Crippen molar-refractivity contribution < 1.29 is 5.11 Å². The van der Waals surface area contributed by atoms with Gasteiger partial charge >= 0.3 is 0 Å². The zero-order valence-corrected chi connectivity index (χ0v) is 9.37. The summed E-state index contributed by atoms with van der Waals surface area (Å²) >= 11 is 7.49. The van der Waals surface area contributed by atoms with Gasteiger partial charge in [0.2, 0.25) is 0 Å². The predicted octanol–water partition coefficient (Wildman–Crippen LogP) is 3.67. The average molecular weight is 219 g/mol. The van der Waals surface area contributed by atoms with Crippen LogP contribution < -0.4 is 0 Å². The summed E-state index contributed by atoms with van der Waals surface area (Å²) in [5.74, 6) is 0.493. The fourth-order valence-electron chi connectivity index (χ4n) is 1.48. The SMILES string of the molecule is CCCC(CCO)c1ccc(Cl)s1. The Morgan fingerprint density at radius 3 is 2.69 bits per heavy atom. The summed E-state index contributed by atoms with van der Waals surface area (Å²) in [6.45, 7) is 2.43. The van der Waals surface area contributed by atoms with Crippen molar-refractivity contribution in [2.24, 2.45) is 0 Å². The Morgan fingerprint density at radius 1 is 1.46 bits per heavy atom. The maximum Gasteiger partial charge on any atom is 0.0931 e. The molecule has 0 amide bonds. The van der Waals surface area contributed by atoms with Gasteiger partial charge in [-0.2, -0.15) is 0 Å². The Balaban J connectivity index is 2.63. The van der Waals surface area contributed by atoms with E-state index in [1.807, 2.05) is 6.07 Å². The van der Waals surface area contributed by atoms with E-state index in [2.05, 4.69) is 13.0 Å². The van der Waals surface area contributed by atoms with E-state index in [1.165, 1.54) is 4.88 Å². The topological polar surface area (TPSA) is 20.2 Å². The minimum absolute atomic E-state index is 0.264. The molecule has 1 unspecified atom stereocenters. The summed E-state index contributed by atoms with van der Waals surface area (Å²) in [5.41, 5.74) is 0. The van der Waals surface area contributed by atoms with E-state index >= 15 is 0 Å². The van der Waals surface area contributed by atoms with Crippen LogP contribution in [0.15, 0.2) is 12.1 Å². The maximum absolute atomic E-state index is 8.90. The van der Waals surface area contributed by atoms with Gasteiger partial charge in [0.05, 0.1) is 4.34 Å². The lowest BCUT2D eigenvalue weighted by molar-refractivity contribution is 0.273. The van der Waals surface area contributed by atoms with E-state index in [0.29, 0.717) is 5.92 Å². The van der Waals surface area contributed by atoms with Gasteiger partial charge in [-0.15, -0.1) is 11.3 Å². The molecule has 1 atom stereocenters. The van der Waals surface area contributed by atoms with Crippen LogP contribution in [0, 0.1) is 0 Å². The van der Waals surface area contributed by atoms with Crippen LogP contribution in [-0.4, -0.2) is 11.7 Å². The fraction of sp³-hybridized carbons (Fsp3) is 0.600. The molecule has 1 rings (SSSR count). The van der Waals surface area contributed by atoms with Crippen molar-refractivity contribution in [3.8, 4) is 0 Å². The first-order valence-electron chi connectivity index (χ1n) is 4.64. The molecule has 13 heavy (non-hydrogen) atoms. The van der Waals surface area contributed by atoms with Crippen LogP contribution in [0.25, 0.3) is 0 Å². The molecule has 1 aromatic rings. The lowest BCUT2D eigenvalue weighted by atomic mass is 9.99. The van der Waals surface area contributed by atoms with Crippen molar-refractivity contribution in [2.45, 2.75) is 32.1 Å². The van der Waals surface area contributed by atoms with Crippen molar-refractivity contribution >= 4 is 22.9 Å². The third-order valence-corrected chi connectivity index (χ3v) is 3.50. The lowest BCUT2D eigenvalue weighted by Crippen LogP contribution is -1.98. The minimum atomic E-state index is 0.264. The average Bonchev–Trinajstić information content (AvgIpc) is 2.51. The van der Waals surface area contributed by atoms with Gasteiger partial charge < -0.3 is 5.11 Å². The van der Waals surface area contributed by atoms with Crippen LogP contribution >= 0.6 is 22.9 Å². The molecule has 1 aromatic heterocycles. The summed E-state index contributed by atoms with van der Waals surface area (Å²) in [5, 5.41) is 8.90. The predicted molar refractivity (Wildman–Crippen MR) is 58.7 cm³/mol. The molecule has 0 bridgehead atoms. The normalized spacial score (nSPS) is 13.2. The highest BCUT2D eigenvalue weighted by molar-refractivity contribution is 7.16. The van der Waals surface area contributed by atoms with Crippen molar-refractivity contribution in [1.82, 2.24) is 0 Å². The van der Waals surface area contributed by atoms with Crippen LogP contribution in [0.5, 0.6) is 0 Å². The van der Waals surface area contributed by atoms with Crippen LogP contribution in [0.1, 0.15) is 37.0 Å². The smallest absolute Gasteiger partial charge is 0.0931 e. The Labute approximate surface area is 88.4 Å². The highest BCUT2D eigenvalue weighted by Crippen LogP contribution is 2.32. The third kappa shape index (κ3) is 3.29. The molecule has 0 spiro atoms. The van der Waals surface area contributed by atoms with E-state index in [9.17, 15) is 0 Å². The third-order valence-electron chi connectivity index (χ3n) is 2.11. The summed E-state index contributed by atoms with van der Waals surface area (Å²) in [6, 6.07) is 4.00. The van der Waals surface area contributed by atoms with Crippen LogP contribution in [0.4, 0.5) is 0 Å². The fourth-order valence-corrected chi connectivity index (χ4v) is 2.71. The number of aliphatic hydroxyl groups excluding tert-OH is 1. The summed E-state index contributed by atoms with van der Waals surface area (Å²) < 4.78 is 0.842. The first-order chi connectivity index (χ1) is 6.27. The molecule has 0 fully saturated rings. The van der Waals surface area contributed by atoms with Crippen molar-refractivity contribution in [3.05, 3.63) is 21.3 Å². The zero-order valence-electron chi connectivity index (χ0n) is 7.79. The van der Waals surface area contributed by atoms with Crippen molar-refractivity contribution in [1.29, 1.82) is 0 Å². The Morgan fingerprint density at radius 2 is 2.23 bits per heavy atom. The standard InChI is InChI=1S/C10H15ClOS/c1-2-3-8(6-7-12)9-4-5-10(11)13-9/h4-5,8,12H,2-3,6-7H2,1H3. The highest BCUT2D eigenvalue weighted by Gasteiger charge is 2.11. The maximum atomic E-state index is 8.90. The van der Waals surface area contributed by atoms with Gasteiger partial charge in [-0.1, -0.05) is 24.9 Å². The molecule has 0 saturated carbocycles. The molecule has 1 heterocycles. The minimum Gasteiger partial charge on any atom is -0.396 e. The Bertz CT molecular complexity index is 241. The molecule has 0 aliphatic heterocycles. The van der Waals surface area contributed by atoms with E-state index < -0.39 is 0 Å². The van der Waals surface area contributed by atoms with Crippen molar-refractivity contribution in [2.75, 3.05) is 6.61 Å². The number of rotatable bonds is 5. The van der Waals surface area contributed by atoms with Gasteiger partial charge in [0.25, 0.3) is 0 Å². The second kappa shape index (κ2) is 5.63. The number of thiophene rings is 1. The van der Waals surface area contributed by atoms with Crippen LogP contribution in [0.3, 0.4) is 0 Å². The number of aliphatic hydroxyl groups is 1. The summed E-state index contributed by atoms with van der Waals surface area (Å²) in [7, 11) is 0. The molecule has 0 radical (unpaired) electrons. The molecule has 3 heteroatoms. The number of hydrogen-bond donors (Lipinski definition) is 1. The van der Waals surface area contributed by atoms with Gasteiger partial charge in [0, 0.05) is 11.5 Å². The Kier molecular flexibility index (Phi) is 4.78.